The second-order valence-corrected chi connectivity index (χ2v) is 28.0. The van der Waals surface area contributed by atoms with Gasteiger partial charge in [-0.1, -0.05) is 77.1 Å². The first-order valence-corrected chi connectivity index (χ1v) is 36.2. The van der Waals surface area contributed by atoms with Crippen LogP contribution in [0.3, 0.4) is 0 Å². The van der Waals surface area contributed by atoms with Crippen molar-refractivity contribution in [2.45, 2.75) is 185 Å². The summed E-state index contributed by atoms with van der Waals surface area (Å²) >= 11 is 0. The van der Waals surface area contributed by atoms with Crippen LogP contribution in [0, 0.1) is 28.6 Å². The molecule has 0 aliphatic carbocycles. The Balaban J connectivity index is 1.41. The van der Waals surface area contributed by atoms with Gasteiger partial charge in [-0.05, 0) is 104 Å². The van der Waals surface area contributed by atoms with Crippen LogP contribution in [0.1, 0.15) is 115 Å². The van der Waals surface area contributed by atoms with Gasteiger partial charge in [-0.25, -0.2) is 4.98 Å². The quantitative estimate of drug-likeness (QED) is 0.0103. The lowest BCUT2D eigenvalue weighted by Crippen LogP contribution is -2.63. The predicted molar refractivity (Wildman–Crippen MR) is 407 cm³/mol. The molecule has 0 saturated heterocycles. The molecule has 604 valence electrons. The Hall–Kier alpha value is -12.4. The van der Waals surface area contributed by atoms with Crippen molar-refractivity contribution in [1.29, 1.82) is 10.8 Å². The number of H-pyrrole nitrogens is 2. The Morgan fingerprint density at radius 3 is 1.54 bits per heavy atom. The molecule has 0 spiro atoms. The van der Waals surface area contributed by atoms with E-state index in [0.717, 1.165) is 11.8 Å². The number of benzene rings is 3. The van der Waals surface area contributed by atoms with Gasteiger partial charge in [-0.3, -0.25) is 73.1 Å². The van der Waals surface area contributed by atoms with Crippen molar-refractivity contribution in [1.82, 2.24) is 78.3 Å². The van der Waals surface area contributed by atoms with Crippen molar-refractivity contribution >= 4 is 99.6 Å². The molecule has 111 heavy (non-hydrogen) atoms. The Labute approximate surface area is 641 Å². The van der Waals surface area contributed by atoms with Crippen molar-refractivity contribution in [3.63, 3.8) is 0 Å². The second-order valence-electron chi connectivity index (χ2n) is 28.0. The van der Waals surface area contributed by atoms with Crippen molar-refractivity contribution in [2.75, 3.05) is 20.1 Å². The summed E-state index contributed by atoms with van der Waals surface area (Å²) in [6.07, 6.45) is 0.278. The van der Waals surface area contributed by atoms with Crippen LogP contribution in [0.15, 0.2) is 91.5 Å². The Bertz CT molecular complexity index is 4040. The van der Waals surface area contributed by atoms with E-state index < -0.39 is 186 Å². The summed E-state index contributed by atoms with van der Waals surface area (Å²) in [5, 5.41) is 75.4. The standard InChI is InChI=1S/C73H106N22O16/c1-37(2)28-52(90-65(105)53(31-42-18-22-46(98)23-19-42)89-62(102)39(5)29-44-35-81-36-85-44)64(104)92-55(33-58(75)100)66(106)91-54(32-43-34-84-48-13-9-8-12-47(43)48)67(107)93-59(38(3)4)69(109)94-60(40(6)96)70(110)86-49(14-10-26-82-72(77)78)63(103)87-50(24-25-57(74)99)71(111)95(7)56(15-11-27-83-73(79)80)68(108)88-51(61(76)101)30-41-16-20-45(97)21-17-41/h8-9,12-13,16-23,34-40,49-56,59-60,84,96-98H,10-11,14-15,24-33H2,1-7H3,(H2,74,99)(H2,75,100)(H2,76,101)(H,81,85)(H,86,110)(H,87,103)(H,88,108)(H,89,102)(H,90,105)(H,91,106)(H,92,104)(H,93,107)(H,94,109)(H4,77,78,82)(H4,79,80,83)/t39-,40+,49-,50-,51?,52-,53-,54-,55-,56-,59-,60-/m0/s1. The van der Waals surface area contributed by atoms with E-state index in [-0.39, 0.29) is 88.3 Å². The van der Waals surface area contributed by atoms with Crippen molar-refractivity contribution in [2.24, 2.45) is 46.4 Å². The van der Waals surface area contributed by atoms with Gasteiger partial charge in [-0.2, -0.15) is 0 Å². The normalized spacial score (nSPS) is 14.4. The molecule has 12 atom stereocenters. The number of aliphatic hydroxyl groups excluding tert-OH is 1. The zero-order valence-corrected chi connectivity index (χ0v) is 63.1. The number of guanidine groups is 2. The van der Waals surface area contributed by atoms with Crippen LogP contribution in [-0.4, -0.2) is 211 Å². The average molecular weight is 1550 g/mol. The first-order chi connectivity index (χ1) is 52.4. The number of hydrogen-bond donors (Lipinski definition) is 23. The number of imidazole rings is 1. The fraction of sp³-hybridized carbons (Fsp3) is 0.479. The molecule has 3 aromatic carbocycles. The number of aromatic hydroxyl groups is 2. The highest BCUT2D eigenvalue weighted by Gasteiger charge is 2.40. The van der Waals surface area contributed by atoms with Crippen LogP contribution in [0.25, 0.3) is 10.9 Å². The molecule has 5 aromatic rings. The van der Waals surface area contributed by atoms with Crippen LogP contribution < -0.4 is 87.2 Å². The van der Waals surface area contributed by atoms with E-state index in [1.807, 2.05) is 0 Å². The second kappa shape index (κ2) is 43.6. The summed E-state index contributed by atoms with van der Waals surface area (Å²) in [5.74, 6) is -15.4. The van der Waals surface area contributed by atoms with E-state index in [2.05, 4.69) is 73.4 Å². The monoisotopic (exact) mass is 1550 g/mol. The fourth-order valence-corrected chi connectivity index (χ4v) is 12.0. The lowest BCUT2D eigenvalue weighted by atomic mass is 9.99. The number of para-hydroxylation sites is 1. The van der Waals surface area contributed by atoms with E-state index in [0.29, 0.717) is 33.3 Å². The third-order valence-corrected chi connectivity index (χ3v) is 18.0. The molecule has 0 radical (unpaired) electrons. The molecular formula is C73H106N22O16. The van der Waals surface area contributed by atoms with Crippen molar-refractivity contribution in [3.05, 3.63) is 114 Å². The summed E-state index contributed by atoms with van der Waals surface area (Å²) < 4.78 is 0. The number of aromatic nitrogens is 3. The number of rotatable bonds is 46. The summed E-state index contributed by atoms with van der Waals surface area (Å²) in [6.45, 7) is 9.31. The third kappa shape index (κ3) is 29.6. The Morgan fingerprint density at radius 2 is 0.991 bits per heavy atom. The molecule has 1 unspecified atom stereocenters. The van der Waals surface area contributed by atoms with Crippen LogP contribution in [0.2, 0.25) is 0 Å². The van der Waals surface area contributed by atoms with Gasteiger partial charge in [0.05, 0.1) is 18.9 Å². The highest BCUT2D eigenvalue weighted by molar-refractivity contribution is 6.00. The molecule has 0 bridgehead atoms. The molecule has 0 aliphatic rings. The average Bonchev–Trinajstić information content (AvgIpc) is 1.72. The van der Waals surface area contributed by atoms with Gasteiger partial charge in [0.15, 0.2) is 11.9 Å². The molecule has 0 aliphatic heterocycles. The number of carbonyl (C=O) groups excluding carboxylic acids is 13. The Morgan fingerprint density at radius 1 is 0.505 bits per heavy atom. The fourth-order valence-electron chi connectivity index (χ4n) is 12.0. The van der Waals surface area contributed by atoms with Crippen LogP contribution in [0.5, 0.6) is 11.5 Å². The summed E-state index contributed by atoms with van der Waals surface area (Å²) in [6, 6.07) is 2.73. The van der Waals surface area contributed by atoms with Gasteiger partial charge in [-0.15, -0.1) is 0 Å². The van der Waals surface area contributed by atoms with Gasteiger partial charge in [0.2, 0.25) is 76.8 Å². The minimum atomic E-state index is -1.93. The minimum absolute atomic E-state index is 0.0177. The van der Waals surface area contributed by atoms with Crippen LogP contribution in [0.4, 0.5) is 0 Å². The van der Waals surface area contributed by atoms with Crippen molar-refractivity contribution in [3.8, 4) is 11.5 Å². The number of likely N-dealkylation sites (N-methyl/N-ethyl adjacent to an activating group) is 1. The van der Waals surface area contributed by atoms with E-state index in [1.54, 1.807) is 69.6 Å². The molecule has 0 fully saturated rings. The third-order valence-electron chi connectivity index (χ3n) is 18.0. The molecule has 13 amide bonds. The zero-order chi connectivity index (χ0) is 82.3. The lowest BCUT2D eigenvalue weighted by molar-refractivity contribution is -0.143. The lowest BCUT2D eigenvalue weighted by Gasteiger charge is -2.33. The summed E-state index contributed by atoms with van der Waals surface area (Å²) in [7, 11) is 1.21. The highest BCUT2D eigenvalue weighted by atomic mass is 16.3. The maximum absolute atomic E-state index is 15.0. The van der Waals surface area contributed by atoms with Gasteiger partial charge in [0.25, 0.3) is 0 Å². The van der Waals surface area contributed by atoms with E-state index >= 15 is 0 Å². The molecular weight excluding hydrogens is 1440 g/mol. The number of nitrogens with two attached hydrogens (primary N) is 5. The molecule has 2 aromatic heterocycles. The van der Waals surface area contributed by atoms with Crippen LogP contribution in [-0.2, 0) is 88.0 Å². The largest absolute Gasteiger partial charge is 0.508 e. The molecule has 0 saturated carbocycles. The number of aliphatic hydroxyl groups is 1. The molecule has 5 rings (SSSR count). The smallest absolute Gasteiger partial charge is 0.245 e. The van der Waals surface area contributed by atoms with Gasteiger partial charge >= 0.3 is 0 Å². The first kappa shape index (κ1) is 89.2. The van der Waals surface area contributed by atoms with E-state index in [1.165, 1.54) is 63.6 Å². The summed E-state index contributed by atoms with van der Waals surface area (Å²) in [5.41, 5.74) is 30.7. The molecule has 2 heterocycles. The number of aromatic amines is 2. The minimum Gasteiger partial charge on any atom is -0.508 e. The number of phenolic OH excluding ortho intramolecular Hbond substituents is 2. The number of carbonyl (C=O) groups is 13. The van der Waals surface area contributed by atoms with Gasteiger partial charge in [0, 0.05) is 87.1 Å². The number of phenols is 2. The predicted octanol–water partition coefficient (Wildman–Crippen LogP) is -3.37. The zero-order valence-electron chi connectivity index (χ0n) is 63.1. The van der Waals surface area contributed by atoms with E-state index in [9.17, 15) is 77.6 Å². The topological polar surface area (TPSA) is 640 Å². The first-order valence-electron chi connectivity index (χ1n) is 36.2. The number of fused-ring (bicyclic) bond motifs is 1. The SMILES string of the molecule is CC(C)C[C@H](NC(=O)[C@H](Cc1ccc(O)cc1)NC(=O)[C@@H](C)Cc1cnc[nH]1)C(=O)N[C@@H](CC(N)=O)C(=O)N[C@@H](Cc1c[nH]c2ccccc12)C(=O)N[C@H](C(=O)N[C@H](C(=O)N[C@@H](CCCNC(=N)N)C(=O)N[C@@H](CCC(N)=O)C(=O)N(C)[C@@H](CCCNC(=N)N)C(=O)NC(Cc1ccc(O)cc1)C(N)=O)[C@@H](C)O)C(C)C. The number of nitrogens with zero attached hydrogens (tertiary/aromatic N) is 2. The summed E-state index contributed by atoms with van der Waals surface area (Å²) in [4.78, 5) is 194. The maximum atomic E-state index is 15.0. The van der Waals surface area contributed by atoms with Gasteiger partial charge in [0.1, 0.15) is 71.9 Å². The molecule has 28 N–H and O–H groups in total. The van der Waals surface area contributed by atoms with Crippen molar-refractivity contribution < 1.29 is 77.6 Å². The van der Waals surface area contributed by atoms with E-state index in [4.69, 9.17) is 39.5 Å². The Kier molecular flexibility index (Phi) is 35.0. The number of primary amides is 3. The molecule has 38 heteroatoms. The highest BCUT2D eigenvalue weighted by Crippen LogP contribution is 2.22. The number of nitrogens with one attached hydrogen (secondary N) is 15. The van der Waals surface area contributed by atoms with Gasteiger partial charge < -0.3 is 117 Å². The number of amides is 13. The van der Waals surface area contributed by atoms with Crippen LogP contribution >= 0.6 is 0 Å². The maximum Gasteiger partial charge on any atom is 0.245 e. The molecule has 38 nitrogen and oxygen atoms in total. The number of hydrogen-bond acceptors (Lipinski definition) is 19.